The second-order valence-electron chi connectivity index (χ2n) is 6.95. The Kier molecular flexibility index (Phi) is 5.72. The molecule has 0 heterocycles. The number of anilines is 2. The van der Waals surface area contributed by atoms with Gasteiger partial charge in [0.15, 0.2) is 0 Å². The topological polar surface area (TPSA) is 84.9 Å². The second kappa shape index (κ2) is 8.77. The molecule has 0 spiro atoms. The summed E-state index contributed by atoms with van der Waals surface area (Å²) in [5.41, 5.74) is 1.47. The summed E-state index contributed by atoms with van der Waals surface area (Å²) in [6.45, 7) is 0. The van der Waals surface area contributed by atoms with Gasteiger partial charge in [0.25, 0.3) is 0 Å². The highest BCUT2D eigenvalue weighted by Gasteiger charge is 2.36. The molecule has 0 aromatic heterocycles. The minimum absolute atomic E-state index is 0.0155. The molecule has 32 heavy (non-hydrogen) atoms. The van der Waals surface area contributed by atoms with Gasteiger partial charge >= 0.3 is 0 Å². The number of rotatable bonds is 7. The van der Waals surface area contributed by atoms with E-state index in [1.54, 1.807) is 79.9 Å². The number of hydrogen-bond donors (Lipinski definition) is 1. The average molecular weight is 428 g/mol. The molecule has 0 aliphatic heterocycles. The van der Waals surface area contributed by atoms with Gasteiger partial charge in [-0.1, -0.05) is 24.3 Å². The Balaban J connectivity index is 1.86. The molecule has 4 rings (SSSR count). The molecule has 0 saturated heterocycles. The number of nitrogens with one attached hydrogen (secondary N) is 1. The number of fused-ring (bicyclic) bond motifs is 1. The Morgan fingerprint density at radius 1 is 0.750 bits per heavy atom. The van der Waals surface area contributed by atoms with Crippen molar-refractivity contribution in [1.82, 2.24) is 0 Å². The summed E-state index contributed by atoms with van der Waals surface area (Å²) in [7, 11) is 3.09. The molecule has 3 aromatic rings. The Bertz CT molecular complexity index is 1210. The maximum absolute atomic E-state index is 13.5. The Morgan fingerprint density at radius 2 is 1.28 bits per heavy atom. The lowest BCUT2D eigenvalue weighted by Crippen LogP contribution is -2.35. The minimum Gasteiger partial charge on any atom is -0.497 e. The fourth-order valence-corrected chi connectivity index (χ4v) is 3.51. The SMILES string of the molecule is COc1ccc(NC2=C(N(C=O)c3ccc(OC)cc3)C(=O)c3ccccc3C2=O)cc1. The fraction of sp³-hybridized carbons (Fsp3) is 0.0800. The Morgan fingerprint density at radius 3 is 1.81 bits per heavy atom. The first-order valence-electron chi connectivity index (χ1n) is 9.79. The smallest absolute Gasteiger partial charge is 0.218 e. The van der Waals surface area contributed by atoms with Gasteiger partial charge in [-0.2, -0.15) is 0 Å². The molecule has 0 atom stereocenters. The van der Waals surface area contributed by atoms with E-state index in [0.717, 1.165) is 0 Å². The van der Waals surface area contributed by atoms with E-state index in [4.69, 9.17) is 9.47 Å². The molecule has 0 bridgehead atoms. The molecule has 1 aliphatic carbocycles. The zero-order valence-corrected chi connectivity index (χ0v) is 17.5. The Labute approximate surface area is 184 Å². The second-order valence-corrected chi connectivity index (χ2v) is 6.95. The van der Waals surface area contributed by atoms with Gasteiger partial charge in [0, 0.05) is 22.5 Å². The van der Waals surface area contributed by atoms with Crippen LogP contribution in [0, 0.1) is 0 Å². The van der Waals surface area contributed by atoms with E-state index >= 15 is 0 Å². The van der Waals surface area contributed by atoms with Crippen LogP contribution in [-0.2, 0) is 4.79 Å². The molecule has 1 N–H and O–H groups in total. The molecule has 0 unspecified atom stereocenters. The van der Waals surface area contributed by atoms with Gasteiger partial charge in [0.2, 0.25) is 18.0 Å². The number of carbonyl (C=O) groups excluding carboxylic acids is 3. The number of benzene rings is 3. The number of nitrogens with zero attached hydrogens (tertiary/aromatic N) is 1. The van der Waals surface area contributed by atoms with Crippen molar-refractivity contribution >= 4 is 29.4 Å². The zero-order valence-electron chi connectivity index (χ0n) is 17.5. The predicted molar refractivity (Wildman–Crippen MR) is 120 cm³/mol. The van der Waals surface area contributed by atoms with Crippen molar-refractivity contribution in [3.8, 4) is 11.5 Å². The number of Topliss-reactive ketones (excluding diaryl/α,β-unsaturated/α-hetero) is 2. The number of ketones is 2. The lowest BCUT2D eigenvalue weighted by Gasteiger charge is -2.28. The van der Waals surface area contributed by atoms with Gasteiger partial charge < -0.3 is 14.8 Å². The lowest BCUT2D eigenvalue weighted by molar-refractivity contribution is -0.107. The van der Waals surface area contributed by atoms with Crippen LogP contribution in [0.5, 0.6) is 11.5 Å². The van der Waals surface area contributed by atoms with Crippen molar-refractivity contribution in [1.29, 1.82) is 0 Å². The van der Waals surface area contributed by atoms with E-state index in [1.807, 2.05) is 0 Å². The van der Waals surface area contributed by atoms with Crippen molar-refractivity contribution in [2.45, 2.75) is 0 Å². The summed E-state index contributed by atoms with van der Waals surface area (Å²) >= 11 is 0. The summed E-state index contributed by atoms with van der Waals surface area (Å²) in [6, 6.07) is 20.1. The Hall–Kier alpha value is -4.39. The summed E-state index contributed by atoms with van der Waals surface area (Å²) in [5.74, 6) is 0.431. The van der Waals surface area contributed by atoms with Crippen LogP contribution in [-0.4, -0.2) is 32.2 Å². The predicted octanol–water partition coefficient (Wildman–Crippen LogP) is 4.07. The zero-order chi connectivity index (χ0) is 22.7. The van der Waals surface area contributed by atoms with Crippen molar-refractivity contribution in [3.05, 3.63) is 95.3 Å². The third-order valence-electron chi connectivity index (χ3n) is 5.15. The van der Waals surface area contributed by atoms with Crippen LogP contribution in [0.2, 0.25) is 0 Å². The highest BCUT2D eigenvalue weighted by Crippen LogP contribution is 2.32. The first-order chi connectivity index (χ1) is 15.6. The fourth-order valence-electron chi connectivity index (χ4n) is 3.51. The monoisotopic (exact) mass is 428 g/mol. The molecule has 160 valence electrons. The molecular formula is C25H20N2O5. The highest BCUT2D eigenvalue weighted by molar-refractivity contribution is 6.29. The van der Waals surface area contributed by atoms with Crippen LogP contribution in [0.1, 0.15) is 20.7 Å². The van der Waals surface area contributed by atoms with E-state index in [9.17, 15) is 14.4 Å². The molecule has 1 amide bonds. The highest BCUT2D eigenvalue weighted by atomic mass is 16.5. The standard InChI is InChI=1S/C25H20N2O5/c1-31-18-11-7-16(8-12-18)26-22-23(25(30)21-6-4-3-5-20(21)24(22)29)27(15-28)17-9-13-19(32-2)14-10-17/h3-15,26H,1-2H3. The molecule has 0 saturated carbocycles. The summed E-state index contributed by atoms with van der Waals surface area (Å²) in [5, 5.41) is 3.04. The summed E-state index contributed by atoms with van der Waals surface area (Å²) in [6.07, 6.45) is 0.520. The van der Waals surface area contributed by atoms with Crippen LogP contribution in [0.4, 0.5) is 11.4 Å². The third-order valence-corrected chi connectivity index (χ3v) is 5.15. The summed E-state index contributed by atoms with van der Waals surface area (Å²) in [4.78, 5) is 40.2. The molecular weight excluding hydrogens is 408 g/mol. The van der Waals surface area contributed by atoms with Crippen LogP contribution in [0.15, 0.2) is 84.2 Å². The van der Waals surface area contributed by atoms with E-state index in [-0.39, 0.29) is 28.3 Å². The van der Waals surface area contributed by atoms with Gasteiger partial charge in [-0.05, 0) is 48.5 Å². The van der Waals surface area contributed by atoms with E-state index in [2.05, 4.69) is 5.32 Å². The number of ether oxygens (including phenoxy) is 2. The van der Waals surface area contributed by atoms with Crippen LogP contribution < -0.4 is 19.7 Å². The van der Waals surface area contributed by atoms with E-state index in [0.29, 0.717) is 29.3 Å². The van der Waals surface area contributed by atoms with Gasteiger partial charge in [0.05, 0.1) is 14.2 Å². The van der Waals surface area contributed by atoms with Crippen LogP contribution in [0.25, 0.3) is 0 Å². The largest absolute Gasteiger partial charge is 0.497 e. The molecule has 0 radical (unpaired) electrons. The average Bonchev–Trinajstić information content (AvgIpc) is 2.85. The molecule has 7 heteroatoms. The van der Waals surface area contributed by atoms with Gasteiger partial charge in [-0.3, -0.25) is 19.3 Å². The minimum atomic E-state index is -0.431. The van der Waals surface area contributed by atoms with Crippen molar-refractivity contribution in [3.63, 3.8) is 0 Å². The maximum atomic E-state index is 13.5. The lowest BCUT2D eigenvalue weighted by atomic mass is 9.89. The number of amides is 1. The van der Waals surface area contributed by atoms with Crippen LogP contribution >= 0.6 is 0 Å². The van der Waals surface area contributed by atoms with Gasteiger partial charge in [-0.25, -0.2) is 0 Å². The van der Waals surface area contributed by atoms with Crippen molar-refractivity contribution in [2.24, 2.45) is 0 Å². The molecule has 7 nitrogen and oxygen atoms in total. The van der Waals surface area contributed by atoms with Crippen molar-refractivity contribution < 1.29 is 23.9 Å². The number of carbonyl (C=O) groups is 3. The first kappa shape index (κ1) is 20.9. The number of allylic oxidation sites excluding steroid dienone is 2. The maximum Gasteiger partial charge on any atom is 0.218 e. The van der Waals surface area contributed by atoms with Gasteiger partial charge in [0.1, 0.15) is 22.9 Å². The number of hydrogen-bond acceptors (Lipinski definition) is 6. The quantitative estimate of drug-likeness (QED) is 0.571. The van der Waals surface area contributed by atoms with Crippen molar-refractivity contribution in [2.75, 3.05) is 24.4 Å². The first-order valence-corrected chi connectivity index (χ1v) is 9.79. The van der Waals surface area contributed by atoms with E-state index < -0.39 is 5.78 Å². The van der Waals surface area contributed by atoms with E-state index in [1.165, 1.54) is 12.0 Å². The third kappa shape index (κ3) is 3.72. The summed E-state index contributed by atoms with van der Waals surface area (Å²) < 4.78 is 10.3. The molecule has 1 aliphatic rings. The van der Waals surface area contributed by atoms with Crippen LogP contribution in [0.3, 0.4) is 0 Å². The normalized spacial score (nSPS) is 12.8. The number of methoxy groups -OCH3 is 2. The van der Waals surface area contributed by atoms with Gasteiger partial charge in [-0.15, -0.1) is 0 Å². The molecule has 3 aromatic carbocycles. The molecule has 0 fully saturated rings.